The van der Waals surface area contributed by atoms with Crippen molar-refractivity contribution in [2.45, 2.75) is 148 Å². The molecule has 0 radical (unpaired) electrons. The third kappa shape index (κ3) is 13.5. The van der Waals surface area contributed by atoms with Crippen molar-refractivity contribution in [3.8, 4) is 0 Å². The predicted octanol–water partition coefficient (Wildman–Crippen LogP) is 6.87. The van der Waals surface area contributed by atoms with Gasteiger partial charge in [-0.2, -0.15) is 0 Å². The Kier molecular flexibility index (Phi) is 17.0. The fraction of sp³-hybridized carbons (Fsp3) is 0.780. The lowest BCUT2D eigenvalue weighted by Crippen LogP contribution is -2.51. The molecule has 3 aliphatic rings. The summed E-state index contributed by atoms with van der Waals surface area (Å²) in [6.07, 6.45) is 14.9. The lowest BCUT2D eigenvalue weighted by Gasteiger charge is -2.33. The van der Waals surface area contributed by atoms with E-state index in [1.807, 2.05) is 32.0 Å². The Hall–Kier alpha value is -2.37. The van der Waals surface area contributed by atoms with Crippen molar-refractivity contribution in [1.82, 2.24) is 20.1 Å². The summed E-state index contributed by atoms with van der Waals surface area (Å²) < 4.78 is 12.8. The smallest absolute Gasteiger partial charge is 0.241 e. The molecule has 52 heavy (non-hydrogen) atoms. The van der Waals surface area contributed by atoms with Gasteiger partial charge in [-0.15, -0.1) is 0 Å². The van der Waals surface area contributed by atoms with Crippen molar-refractivity contribution in [2.75, 3.05) is 32.0 Å². The van der Waals surface area contributed by atoms with Crippen LogP contribution in [0.4, 0.5) is 0 Å². The number of carbonyl (C=O) groups is 4. The standard InChI is InChI=1S/C41H65BrN4O6/c1-29(2)38-39(52-41(3,4)51-38)35(20-19-30-14-8-6-9-15-30)44-40(50)32(24-34(47)26-42)25-36(48)46(27-31-16-10-7-11-17-31)28-37(49)45(5)23-21-33-18-12-13-22-43-33/h12-13,18,22,29-32,35,38-39H,6-11,14-17,19-21,23-28H2,1-5H3,(H,44,50)/t32-,35+,38+,39-/m1/s1. The number of alkyl halides is 1. The molecule has 11 heteroatoms. The van der Waals surface area contributed by atoms with E-state index in [0.717, 1.165) is 44.2 Å². The van der Waals surface area contributed by atoms with E-state index in [1.54, 1.807) is 23.0 Å². The van der Waals surface area contributed by atoms with Crippen molar-refractivity contribution in [1.29, 1.82) is 0 Å². The zero-order valence-corrected chi connectivity index (χ0v) is 34.0. The highest BCUT2D eigenvalue weighted by Crippen LogP contribution is 2.36. The maximum atomic E-state index is 14.3. The number of ether oxygens (including phenoxy) is 2. The molecule has 1 N–H and O–H groups in total. The zero-order chi connectivity index (χ0) is 37.7. The molecule has 3 fully saturated rings. The average molecular weight is 790 g/mol. The van der Waals surface area contributed by atoms with Gasteiger partial charge in [0, 0.05) is 51.3 Å². The molecule has 1 aliphatic heterocycles. The number of aromatic nitrogens is 1. The average Bonchev–Trinajstić information content (AvgIpc) is 3.48. The van der Waals surface area contributed by atoms with Crippen molar-refractivity contribution >= 4 is 39.4 Å². The summed E-state index contributed by atoms with van der Waals surface area (Å²) in [6.45, 7) is 8.94. The van der Waals surface area contributed by atoms with Crippen LogP contribution in [0.5, 0.6) is 0 Å². The molecule has 1 aromatic heterocycles. The summed E-state index contributed by atoms with van der Waals surface area (Å²) in [5.41, 5.74) is 0.900. The molecule has 0 aromatic carbocycles. The number of hydrogen-bond acceptors (Lipinski definition) is 7. The van der Waals surface area contributed by atoms with E-state index >= 15 is 0 Å². The maximum Gasteiger partial charge on any atom is 0.241 e. The first kappa shape index (κ1) is 42.4. The normalized spacial score (nSPS) is 22.1. The number of halogens is 1. The Morgan fingerprint density at radius 3 is 2.19 bits per heavy atom. The number of amides is 3. The van der Waals surface area contributed by atoms with Crippen LogP contribution in [0.1, 0.15) is 123 Å². The highest BCUT2D eigenvalue weighted by molar-refractivity contribution is 9.09. The monoisotopic (exact) mass is 788 g/mol. The zero-order valence-electron chi connectivity index (χ0n) is 32.5. The number of carbonyl (C=O) groups excluding carboxylic acids is 4. The molecule has 10 nitrogen and oxygen atoms in total. The first-order valence-electron chi connectivity index (χ1n) is 20.0. The van der Waals surface area contributed by atoms with Crippen molar-refractivity contribution in [3.63, 3.8) is 0 Å². The van der Waals surface area contributed by atoms with Gasteiger partial charge in [0.05, 0.1) is 29.9 Å². The summed E-state index contributed by atoms with van der Waals surface area (Å²) in [6, 6.07) is 5.41. The molecule has 4 atom stereocenters. The van der Waals surface area contributed by atoms with Crippen molar-refractivity contribution in [2.24, 2.45) is 23.7 Å². The number of nitrogens with one attached hydrogen (secondary N) is 1. The number of Topliss-reactive ketones (excluding diaryl/α,β-unsaturated/α-hetero) is 1. The topological polar surface area (TPSA) is 118 Å². The molecule has 0 unspecified atom stereocenters. The minimum absolute atomic E-state index is 0.0583. The molecular weight excluding hydrogens is 724 g/mol. The van der Waals surface area contributed by atoms with Crippen LogP contribution in [0, 0.1) is 23.7 Å². The molecule has 1 saturated heterocycles. The first-order valence-corrected chi connectivity index (χ1v) is 21.1. The van der Waals surface area contributed by atoms with Gasteiger partial charge in [-0.05, 0) is 69.4 Å². The van der Waals surface area contributed by atoms with Crippen LogP contribution in [-0.2, 0) is 35.1 Å². The summed E-state index contributed by atoms with van der Waals surface area (Å²) in [4.78, 5) is 62.7. The first-order chi connectivity index (χ1) is 24.8. The van der Waals surface area contributed by atoms with Gasteiger partial charge in [0.15, 0.2) is 5.79 Å². The molecule has 0 bridgehead atoms. The number of rotatable bonds is 19. The minimum atomic E-state index is -0.867. The molecule has 2 heterocycles. The van der Waals surface area contributed by atoms with Crippen molar-refractivity contribution in [3.05, 3.63) is 30.1 Å². The fourth-order valence-corrected chi connectivity index (χ4v) is 8.48. The van der Waals surface area contributed by atoms with E-state index in [1.165, 1.54) is 38.5 Å². The number of hydrogen-bond donors (Lipinski definition) is 1. The summed E-state index contributed by atoms with van der Waals surface area (Å²) in [5, 5.41) is 3.41. The molecule has 4 rings (SSSR count). The number of pyridine rings is 1. The molecule has 2 saturated carbocycles. The van der Waals surface area contributed by atoms with Gasteiger partial charge >= 0.3 is 0 Å². The Morgan fingerprint density at radius 2 is 1.58 bits per heavy atom. The Morgan fingerprint density at radius 1 is 0.923 bits per heavy atom. The Bertz CT molecular complexity index is 1280. The lowest BCUT2D eigenvalue weighted by atomic mass is 9.83. The number of likely N-dealkylation sites (N-methyl/N-ethyl adjacent to an activating group) is 1. The van der Waals surface area contributed by atoms with Crippen LogP contribution in [0.25, 0.3) is 0 Å². The largest absolute Gasteiger partial charge is 0.350 e. The third-order valence-corrected chi connectivity index (χ3v) is 11.9. The van der Waals surface area contributed by atoms with Crippen LogP contribution in [0.2, 0.25) is 0 Å². The molecule has 0 spiro atoms. The lowest BCUT2D eigenvalue weighted by molar-refractivity contribution is -0.153. The van der Waals surface area contributed by atoms with Crippen LogP contribution in [0.3, 0.4) is 0 Å². The van der Waals surface area contributed by atoms with Gasteiger partial charge < -0.3 is 24.6 Å². The van der Waals surface area contributed by atoms with Gasteiger partial charge in [0.2, 0.25) is 17.7 Å². The van der Waals surface area contributed by atoms with Crippen LogP contribution in [-0.4, -0.2) is 94.3 Å². The van der Waals surface area contributed by atoms with E-state index in [9.17, 15) is 19.2 Å². The fourth-order valence-electron chi connectivity index (χ4n) is 8.25. The highest BCUT2D eigenvalue weighted by Gasteiger charge is 2.47. The Labute approximate surface area is 321 Å². The second kappa shape index (κ2) is 20.9. The van der Waals surface area contributed by atoms with E-state index in [0.29, 0.717) is 31.3 Å². The molecular formula is C41H65BrN4O6. The molecule has 3 amide bonds. The quantitative estimate of drug-likeness (QED) is 0.152. The summed E-state index contributed by atoms with van der Waals surface area (Å²) in [7, 11) is 1.76. The summed E-state index contributed by atoms with van der Waals surface area (Å²) in [5.74, 6) is -1.44. The van der Waals surface area contributed by atoms with Crippen LogP contribution in [0.15, 0.2) is 24.4 Å². The van der Waals surface area contributed by atoms with E-state index in [-0.39, 0.29) is 72.4 Å². The summed E-state index contributed by atoms with van der Waals surface area (Å²) >= 11 is 3.28. The number of ketones is 1. The molecule has 292 valence electrons. The predicted molar refractivity (Wildman–Crippen MR) is 207 cm³/mol. The number of nitrogens with zero attached hydrogens (tertiary/aromatic N) is 3. The van der Waals surface area contributed by atoms with Crippen molar-refractivity contribution < 1.29 is 28.7 Å². The van der Waals surface area contributed by atoms with Gasteiger partial charge in [-0.1, -0.05) is 87.2 Å². The second-order valence-electron chi connectivity index (χ2n) is 16.4. The van der Waals surface area contributed by atoms with Crippen LogP contribution >= 0.6 is 15.9 Å². The van der Waals surface area contributed by atoms with Gasteiger partial charge in [-0.25, -0.2) is 0 Å². The Balaban J connectivity index is 1.50. The molecule has 2 aliphatic carbocycles. The molecule has 1 aromatic rings. The van der Waals surface area contributed by atoms with E-state index in [2.05, 4.69) is 40.1 Å². The van der Waals surface area contributed by atoms with Gasteiger partial charge in [0.25, 0.3) is 0 Å². The van der Waals surface area contributed by atoms with E-state index < -0.39 is 11.7 Å². The second-order valence-corrected chi connectivity index (χ2v) is 17.0. The third-order valence-electron chi connectivity index (χ3n) is 11.3. The van der Waals surface area contributed by atoms with Crippen LogP contribution < -0.4 is 5.32 Å². The maximum absolute atomic E-state index is 14.3. The van der Waals surface area contributed by atoms with Gasteiger partial charge in [0.1, 0.15) is 11.9 Å². The van der Waals surface area contributed by atoms with Gasteiger partial charge in [-0.3, -0.25) is 24.2 Å². The van der Waals surface area contributed by atoms with E-state index in [4.69, 9.17) is 9.47 Å². The SMILES string of the molecule is CC(C)[C@@H]1OC(C)(C)O[C@@H]1[C@H](CCC1CCCCC1)NC(=O)[C@H](CC(=O)CBr)CC(=O)N(CC(=O)N(C)CCc1ccccn1)CC1CCCCC1. The highest BCUT2D eigenvalue weighted by atomic mass is 79.9. The minimum Gasteiger partial charge on any atom is -0.350 e.